The van der Waals surface area contributed by atoms with Gasteiger partial charge in [-0.15, -0.1) is 0 Å². The van der Waals surface area contributed by atoms with E-state index in [9.17, 15) is 9.59 Å². The number of rotatable bonds is 5. The lowest BCUT2D eigenvalue weighted by Crippen LogP contribution is -2.48. The average molecular weight is 486 g/mol. The van der Waals surface area contributed by atoms with Crippen molar-refractivity contribution in [1.82, 2.24) is 14.9 Å². The number of anilines is 2. The largest absolute Gasteiger partial charge is 0.471 e. The van der Waals surface area contributed by atoms with Gasteiger partial charge in [-0.25, -0.2) is 9.97 Å². The number of nitrogens with two attached hydrogens (primary N) is 1. The number of carbonyl (C=O) groups is 2. The van der Waals surface area contributed by atoms with Crippen LogP contribution in [0, 0.1) is 5.92 Å². The number of piperidine rings is 1. The predicted molar refractivity (Wildman–Crippen MR) is 135 cm³/mol. The molecular formula is C27H27N5O4. The Hall–Kier alpha value is -4.40. The van der Waals surface area contributed by atoms with E-state index >= 15 is 0 Å². The molecule has 2 atom stereocenters. The van der Waals surface area contributed by atoms with Crippen molar-refractivity contribution >= 4 is 23.3 Å². The second kappa shape index (κ2) is 10.1. The van der Waals surface area contributed by atoms with Gasteiger partial charge in [-0.1, -0.05) is 24.8 Å². The number of para-hydroxylation sites is 1. The molecule has 2 aliphatic rings. The first-order valence-electron chi connectivity index (χ1n) is 11.9. The molecule has 3 aromatic rings. The topological polar surface area (TPSA) is 111 Å². The van der Waals surface area contributed by atoms with Gasteiger partial charge in [0.15, 0.2) is 0 Å². The van der Waals surface area contributed by atoms with E-state index in [-0.39, 0.29) is 41.5 Å². The number of nitrogens with zero attached hydrogens (tertiary/aromatic N) is 4. The molecule has 0 bridgehead atoms. The third kappa shape index (κ3) is 4.72. The van der Waals surface area contributed by atoms with Crippen LogP contribution in [0.5, 0.6) is 17.4 Å². The first-order chi connectivity index (χ1) is 17.5. The molecule has 0 aliphatic carbocycles. The number of likely N-dealkylation sites (tertiary alicyclic amines) is 1. The van der Waals surface area contributed by atoms with Crippen LogP contribution in [0.15, 0.2) is 73.6 Å². The molecule has 2 amide bonds. The van der Waals surface area contributed by atoms with Gasteiger partial charge in [0, 0.05) is 24.7 Å². The van der Waals surface area contributed by atoms with Crippen molar-refractivity contribution in [2.24, 2.45) is 5.92 Å². The molecule has 9 nitrogen and oxygen atoms in total. The summed E-state index contributed by atoms with van der Waals surface area (Å²) in [6, 6.07) is 16.7. The molecule has 0 saturated carbocycles. The maximum atomic E-state index is 13.7. The number of ether oxygens (including phenoxy) is 2. The Morgan fingerprint density at radius 1 is 1.08 bits per heavy atom. The fraction of sp³-hybridized carbons (Fsp3) is 0.259. The normalized spacial score (nSPS) is 19.6. The van der Waals surface area contributed by atoms with Gasteiger partial charge in [-0.2, -0.15) is 0 Å². The number of fused-ring (bicyclic) bond motifs is 1. The minimum Gasteiger partial charge on any atom is -0.471 e. The third-order valence-electron chi connectivity index (χ3n) is 6.52. The molecule has 9 heteroatoms. The molecule has 2 N–H and O–H groups in total. The number of amides is 2. The summed E-state index contributed by atoms with van der Waals surface area (Å²) in [5.74, 6) is 1.15. The molecular weight excluding hydrogens is 458 g/mol. The zero-order chi connectivity index (χ0) is 25.1. The molecule has 0 radical (unpaired) electrons. The highest BCUT2D eigenvalue weighted by Crippen LogP contribution is 2.34. The number of aromatic nitrogens is 2. The Morgan fingerprint density at radius 3 is 2.58 bits per heavy atom. The molecule has 36 heavy (non-hydrogen) atoms. The molecule has 1 fully saturated rings. The summed E-state index contributed by atoms with van der Waals surface area (Å²) in [6.45, 7) is 5.06. The van der Waals surface area contributed by atoms with Crippen molar-refractivity contribution in [1.29, 1.82) is 0 Å². The second-order valence-corrected chi connectivity index (χ2v) is 8.81. The molecule has 5 rings (SSSR count). The lowest BCUT2D eigenvalue weighted by atomic mass is 9.91. The fourth-order valence-corrected chi connectivity index (χ4v) is 4.68. The van der Waals surface area contributed by atoms with Gasteiger partial charge in [-0.05, 0) is 55.3 Å². The van der Waals surface area contributed by atoms with E-state index < -0.39 is 6.10 Å². The lowest BCUT2D eigenvalue weighted by Gasteiger charge is -2.37. The molecule has 1 aromatic heterocycles. The summed E-state index contributed by atoms with van der Waals surface area (Å²) in [5, 5.41) is 0. The Kier molecular flexibility index (Phi) is 6.53. The SMILES string of the molecule is C=CC(=O)N1CCCC(C2CN(c3ccc(Oc4ccccc4)cc3)C(=O)c3c(N)ncnc3O2)C1. The summed E-state index contributed by atoms with van der Waals surface area (Å²) >= 11 is 0. The van der Waals surface area contributed by atoms with Crippen molar-refractivity contribution in [3.05, 3.63) is 79.1 Å². The van der Waals surface area contributed by atoms with Crippen molar-refractivity contribution in [3.63, 3.8) is 0 Å². The quantitative estimate of drug-likeness (QED) is 0.549. The van der Waals surface area contributed by atoms with Crippen LogP contribution in [0.2, 0.25) is 0 Å². The Labute approximate surface area is 209 Å². The van der Waals surface area contributed by atoms with Crippen LogP contribution in [-0.2, 0) is 4.79 Å². The lowest BCUT2D eigenvalue weighted by molar-refractivity contribution is -0.128. The minimum atomic E-state index is -0.398. The minimum absolute atomic E-state index is 0.000719. The zero-order valence-electron chi connectivity index (χ0n) is 19.7. The Morgan fingerprint density at radius 2 is 1.83 bits per heavy atom. The third-order valence-corrected chi connectivity index (χ3v) is 6.52. The molecule has 3 heterocycles. The highest BCUT2D eigenvalue weighted by molar-refractivity contribution is 6.10. The molecule has 2 aliphatic heterocycles. The predicted octanol–water partition coefficient (Wildman–Crippen LogP) is 3.68. The molecule has 0 spiro atoms. The van der Waals surface area contributed by atoms with Gasteiger partial charge in [-0.3, -0.25) is 9.59 Å². The maximum absolute atomic E-state index is 13.7. The summed E-state index contributed by atoms with van der Waals surface area (Å²) in [4.78, 5) is 37.6. The van der Waals surface area contributed by atoms with Gasteiger partial charge < -0.3 is 25.0 Å². The van der Waals surface area contributed by atoms with E-state index in [2.05, 4.69) is 16.5 Å². The van der Waals surface area contributed by atoms with Crippen LogP contribution in [0.4, 0.5) is 11.5 Å². The summed E-state index contributed by atoms with van der Waals surface area (Å²) in [6.07, 6.45) is 3.91. The fourth-order valence-electron chi connectivity index (χ4n) is 4.68. The average Bonchev–Trinajstić information content (AvgIpc) is 3.06. The zero-order valence-corrected chi connectivity index (χ0v) is 19.7. The van der Waals surface area contributed by atoms with E-state index in [1.807, 2.05) is 54.6 Å². The van der Waals surface area contributed by atoms with Crippen LogP contribution in [0.1, 0.15) is 23.2 Å². The van der Waals surface area contributed by atoms with Crippen LogP contribution in [0.3, 0.4) is 0 Å². The van der Waals surface area contributed by atoms with E-state index in [0.29, 0.717) is 24.5 Å². The van der Waals surface area contributed by atoms with Crippen molar-refractivity contribution in [3.8, 4) is 17.4 Å². The van der Waals surface area contributed by atoms with Gasteiger partial charge in [0.25, 0.3) is 5.91 Å². The number of carbonyl (C=O) groups excluding carboxylic acids is 2. The van der Waals surface area contributed by atoms with E-state index in [1.54, 1.807) is 9.80 Å². The standard InChI is InChI=1S/C27H27N5O4/c1-2-23(33)31-14-6-7-18(15-31)22-16-32(27(34)24-25(28)29-17-30-26(24)36-22)19-10-12-21(13-11-19)35-20-8-4-3-5-9-20/h2-5,8-13,17-18,22H,1,6-7,14-16H2,(H2,28,29,30). The van der Waals surface area contributed by atoms with Crippen molar-refractivity contribution in [2.75, 3.05) is 30.3 Å². The van der Waals surface area contributed by atoms with Gasteiger partial charge in [0.2, 0.25) is 11.8 Å². The number of benzene rings is 2. The van der Waals surface area contributed by atoms with Gasteiger partial charge in [0.05, 0.1) is 6.54 Å². The van der Waals surface area contributed by atoms with E-state index in [1.165, 1.54) is 12.4 Å². The number of hydrogen-bond acceptors (Lipinski definition) is 7. The summed E-state index contributed by atoms with van der Waals surface area (Å²) in [7, 11) is 0. The maximum Gasteiger partial charge on any atom is 0.267 e. The molecule has 2 unspecified atom stereocenters. The van der Waals surface area contributed by atoms with Crippen molar-refractivity contribution in [2.45, 2.75) is 18.9 Å². The van der Waals surface area contributed by atoms with Crippen LogP contribution in [-0.4, -0.2) is 52.4 Å². The Bertz CT molecular complexity index is 1260. The van der Waals surface area contributed by atoms with E-state index in [4.69, 9.17) is 15.2 Å². The molecule has 1 saturated heterocycles. The second-order valence-electron chi connectivity index (χ2n) is 8.81. The first kappa shape index (κ1) is 23.3. The van der Waals surface area contributed by atoms with Gasteiger partial charge in [0.1, 0.15) is 35.3 Å². The molecule has 184 valence electrons. The highest BCUT2D eigenvalue weighted by Gasteiger charge is 2.38. The number of nitrogen functional groups attached to an aromatic ring is 1. The highest BCUT2D eigenvalue weighted by atomic mass is 16.5. The summed E-state index contributed by atoms with van der Waals surface area (Å²) in [5.41, 5.74) is 6.90. The van der Waals surface area contributed by atoms with Crippen LogP contribution < -0.4 is 20.1 Å². The van der Waals surface area contributed by atoms with Crippen LogP contribution in [0.25, 0.3) is 0 Å². The van der Waals surface area contributed by atoms with Crippen LogP contribution >= 0.6 is 0 Å². The Balaban J connectivity index is 1.45. The van der Waals surface area contributed by atoms with Gasteiger partial charge >= 0.3 is 0 Å². The number of hydrogen-bond donors (Lipinski definition) is 1. The monoisotopic (exact) mass is 485 g/mol. The van der Waals surface area contributed by atoms with Crippen molar-refractivity contribution < 1.29 is 19.1 Å². The first-order valence-corrected chi connectivity index (χ1v) is 11.9. The molecule has 2 aromatic carbocycles. The van der Waals surface area contributed by atoms with E-state index in [0.717, 1.165) is 18.6 Å². The summed E-state index contributed by atoms with van der Waals surface area (Å²) < 4.78 is 12.2. The smallest absolute Gasteiger partial charge is 0.267 e.